The van der Waals surface area contributed by atoms with Gasteiger partial charge in [0.1, 0.15) is 11.2 Å². The van der Waals surface area contributed by atoms with E-state index in [2.05, 4.69) is 157 Å². The maximum Gasteiger partial charge on any atom is 0.161 e. The molecule has 0 saturated carbocycles. The molecule has 3 aromatic heterocycles. The number of furan rings is 1. The number of allylic oxidation sites excluding steroid dienone is 2. The standard InChI is InChI=1S/C54H36N4O/c1-54-29-28-37(31-44(54)40-20-11-12-22-47(40)58(54)39-18-9-4-10-19-39)36-25-27-48-43(30-36)50-41(21-13-23-49(50)59-48)53-56-45-26-24-38-33-55-46(34-14-5-2-6-15-34)32-42(38)51(45)52(57-53)35-16-7-3-8-17-35/h2-28,30-33H,29H2,1H3. The van der Waals surface area contributed by atoms with Crippen molar-refractivity contribution in [2.75, 3.05) is 4.90 Å². The number of hydrogen-bond acceptors (Lipinski definition) is 5. The van der Waals surface area contributed by atoms with E-state index in [0.29, 0.717) is 5.82 Å². The summed E-state index contributed by atoms with van der Waals surface area (Å²) in [5.74, 6) is 0.657. The Kier molecular flexibility index (Phi) is 7.35. The monoisotopic (exact) mass is 756 g/mol. The summed E-state index contributed by atoms with van der Waals surface area (Å²) in [6.45, 7) is 2.37. The second kappa shape index (κ2) is 12.9. The smallest absolute Gasteiger partial charge is 0.161 e. The molecule has 59 heavy (non-hydrogen) atoms. The minimum atomic E-state index is -0.205. The lowest BCUT2D eigenvalue weighted by atomic mass is 9.80. The van der Waals surface area contributed by atoms with Gasteiger partial charge in [0.2, 0.25) is 0 Å². The van der Waals surface area contributed by atoms with Gasteiger partial charge in [-0.25, -0.2) is 9.97 Å². The Labute approximate surface area is 341 Å². The van der Waals surface area contributed by atoms with Crippen molar-refractivity contribution in [1.29, 1.82) is 0 Å². The number of hydrogen-bond donors (Lipinski definition) is 0. The third kappa shape index (κ3) is 5.21. The number of para-hydroxylation sites is 2. The van der Waals surface area contributed by atoms with E-state index in [9.17, 15) is 0 Å². The second-order valence-corrected chi connectivity index (χ2v) is 15.8. The molecule has 0 fully saturated rings. The fourth-order valence-corrected chi connectivity index (χ4v) is 9.47. The van der Waals surface area contributed by atoms with E-state index < -0.39 is 0 Å². The summed E-state index contributed by atoms with van der Waals surface area (Å²) in [7, 11) is 0. The van der Waals surface area contributed by atoms with Crippen LogP contribution in [0.1, 0.15) is 24.5 Å². The predicted octanol–water partition coefficient (Wildman–Crippen LogP) is 13.9. The van der Waals surface area contributed by atoms with Crippen LogP contribution in [-0.2, 0) is 0 Å². The van der Waals surface area contributed by atoms with Crippen molar-refractivity contribution in [3.63, 3.8) is 0 Å². The van der Waals surface area contributed by atoms with Gasteiger partial charge in [-0.15, -0.1) is 0 Å². The van der Waals surface area contributed by atoms with Gasteiger partial charge in [0.15, 0.2) is 5.82 Å². The van der Waals surface area contributed by atoms with Gasteiger partial charge in [-0.3, -0.25) is 4.98 Å². The third-order valence-corrected chi connectivity index (χ3v) is 12.3. The van der Waals surface area contributed by atoms with Gasteiger partial charge in [0, 0.05) is 61.4 Å². The molecule has 0 N–H and O–H groups in total. The maximum absolute atomic E-state index is 6.56. The highest BCUT2D eigenvalue weighted by atomic mass is 16.3. The zero-order chi connectivity index (χ0) is 39.1. The summed E-state index contributed by atoms with van der Waals surface area (Å²) < 4.78 is 6.56. The zero-order valence-corrected chi connectivity index (χ0v) is 32.3. The Morgan fingerprint density at radius 1 is 0.593 bits per heavy atom. The summed E-state index contributed by atoms with van der Waals surface area (Å²) in [6.07, 6.45) is 7.63. The molecule has 278 valence electrons. The second-order valence-electron chi connectivity index (χ2n) is 15.8. The van der Waals surface area contributed by atoms with Crippen LogP contribution in [0.15, 0.2) is 193 Å². The van der Waals surface area contributed by atoms with E-state index in [1.807, 2.05) is 42.6 Å². The predicted molar refractivity (Wildman–Crippen MR) is 242 cm³/mol. The Balaban J connectivity index is 1.02. The zero-order valence-electron chi connectivity index (χ0n) is 32.3. The van der Waals surface area contributed by atoms with Crippen LogP contribution in [-0.4, -0.2) is 20.5 Å². The molecule has 5 nitrogen and oxygen atoms in total. The van der Waals surface area contributed by atoms with Crippen LogP contribution in [0.2, 0.25) is 0 Å². The summed E-state index contributed by atoms with van der Waals surface area (Å²) in [6, 6.07) is 59.5. The van der Waals surface area contributed by atoms with Crippen molar-refractivity contribution in [3.05, 3.63) is 199 Å². The molecule has 0 spiro atoms. The molecule has 1 aliphatic carbocycles. The number of rotatable bonds is 5. The highest BCUT2D eigenvalue weighted by Crippen LogP contribution is 2.55. The van der Waals surface area contributed by atoms with Crippen molar-refractivity contribution in [2.45, 2.75) is 18.9 Å². The van der Waals surface area contributed by atoms with E-state index in [4.69, 9.17) is 19.4 Å². The van der Waals surface area contributed by atoms with Crippen LogP contribution in [0.25, 0.3) is 88.7 Å². The van der Waals surface area contributed by atoms with E-state index in [-0.39, 0.29) is 5.54 Å². The molecule has 2 aliphatic rings. The third-order valence-electron chi connectivity index (χ3n) is 12.3. The Hall–Kier alpha value is -7.63. The van der Waals surface area contributed by atoms with Crippen LogP contribution in [0.4, 0.5) is 11.4 Å². The highest BCUT2D eigenvalue weighted by Gasteiger charge is 2.45. The molecule has 1 unspecified atom stereocenters. The van der Waals surface area contributed by atoms with Crippen LogP contribution in [0, 0.1) is 0 Å². The van der Waals surface area contributed by atoms with Crippen LogP contribution in [0.5, 0.6) is 0 Å². The summed E-state index contributed by atoms with van der Waals surface area (Å²) >= 11 is 0. The number of anilines is 2. The van der Waals surface area contributed by atoms with Crippen LogP contribution < -0.4 is 4.90 Å². The molecule has 0 saturated heterocycles. The van der Waals surface area contributed by atoms with E-state index in [1.54, 1.807) is 0 Å². The molecular formula is C54H36N4O. The molecule has 0 radical (unpaired) electrons. The molecule has 1 aliphatic heterocycles. The lowest BCUT2D eigenvalue weighted by Gasteiger charge is -2.39. The average molecular weight is 757 g/mol. The van der Waals surface area contributed by atoms with E-state index in [1.165, 1.54) is 28.1 Å². The van der Waals surface area contributed by atoms with Gasteiger partial charge in [0.25, 0.3) is 0 Å². The molecule has 0 amide bonds. The minimum Gasteiger partial charge on any atom is -0.456 e. The fourth-order valence-electron chi connectivity index (χ4n) is 9.47. The first kappa shape index (κ1) is 33.5. The molecule has 1 atom stereocenters. The van der Waals surface area contributed by atoms with Crippen molar-refractivity contribution in [2.24, 2.45) is 0 Å². The number of aromatic nitrogens is 3. The SMILES string of the molecule is CC12CC=C(c3ccc4oc5cccc(-c6nc(-c7ccccc7)c7c(ccc8cnc(-c9ccccc9)cc87)n6)c5c4c3)C=C1c1ccccc1N2c1ccccc1. The molecule has 0 bridgehead atoms. The summed E-state index contributed by atoms with van der Waals surface area (Å²) in [5, 5.41) is 5.17. The van der Waals surface area contributed by atoms with E-state index in [0.717, 1.165) is 83.7 Å². The number of fused-ring (bicyclic) bond motifs is 9. The van der Waals surface area contributed by atoms with Crippen LogP contribution in [0.3, 0.4) is 0 Å². The first-order valence-electron chi connectivity index (χ1n) is 20.2. The average Bonchev–Trinajstić information content (AvgIpc) is 3.81. The lowest BCUT2D eigenvalue weighted by molar-refractivity contribution is 0.608. The minimum absolute atomic E-state index is 0.205. The largest absolute Gasteiger partial charge is 0.456 e. The van der Waals surface area contributed by atoms with Crippen molar-refractivity contribution < 1.29 is 4.42 Å². The summed E-state index contributed by atoms with van der Waals surface area (Å²) in [4.78, 5) is 18.1. The van der Waals surface area contributed by atoms with Gasteiger partial charge in [-0.05, 0) is 90.0 Å². The topological polar surface area (TPSA) is 55.1 Å². The Morgan fingerprint density at radius 3 is 2.17 bits per heavy atom. The summed E-state index contributed by atoms with van der Waals surface area (Å²) in [5.41, 5.74) is 14.6. The molecule has 4 heterocycles. The quantitative estimate of drug-likeness (QED) is 0.164. The van der Waals surface area contributed by atoms with Crippen molar-refractivity contribution >= 4 is 66.1 Å². The number of benzene rings is 7. The Bertz CT molecular complexity index is 3370. The normalized spacial score (nSPS) is 16.1. The molecule has 5 heteroatoms. The number of nitrogens with zero attached hydrogens (tertiary/aromatic N) is 4. The first-order chi connectivity index (χ1) is 29.1. The van der Waals surface area contributed by atoms with Gasteiger partial charge in [-0.2, -0.15) is 0 Å². The molecule has 12 rings (SSSR count). The molecule has 10 aromatic rings. The lowest BCUT2D eigenvalue weighted by Crippen LogP contribution is -2.40. The van der Waals surface area contributed by atoms with Gasteiger partial charge < -0.3 is 9.32 Å². The first-order valence-corrected chi connectivity index (χ1v) is 20.2. The molecule has 7 aromatic carbocycles. The van der Waals surface area contributed by atoms with Gasteiger partial charge >= 0.3 is 0 Å². The number of pyridine rings is 1. The molecular weight excluding hydrogens is 721 g/mol. The van der Waals surface area contributed by atoms with Gasteiger partial charge in [-0.1, -0.05) is 127 Å². The van der Waals surface area contributed by atoms with Gasteiger partial charge in [0.05, 0.1) is 22.4 Å². The van der Waals surface area contributed by atoms with Crippen LogP contribution >= 0.6 is 0 Å². The maximum atomic E-state index is 6.56. The van der Waals surface area contributed by atoms with E-state index >= 15 is 0 Å². The highest BCUT2D eigenvalue weighted by molar-refractivity contribution is 6.16. The Morgan fingerprint density at radius 2 is 1.34 bits per heavy atom. The fraction of sp³-hybridized carbons (Fsp3) is 0.0556. The van der Waals surface area contributed by atoms with Crippen molar-refractivity contribution in [3.8, 4) is 33.9 Å². The van der Waals surface area contributed by atoms with Crippen molar-refractivity contribution in [1.82, 2.24) is 15.0 Å².